The molecule has 0 amide bonds. The number of ether oxygens (including phenoxy) is 1. The average Bonchev–Trinajstić information content (AvgIpc) is 2.65. The van der Waals surface area contributed by atoms with E-state index in [4.69, 9.17) is 4.74 Å². The van der Waals surface area contributed by atoms with Crippen LogP contribution >= 0.6 is 0 Å². The van der Waals surface area contributed by atoms with E-state index in [1.165, 1.54) is 12.1 Å². The molecular weight excluding hydrogens is 341 g/mol. The molecule has 0 radical (unpaired) electrons. The molecule has 1 saturated carbocycles. The van der Waals surface area contributed by atoms with Gasteiger partial charge in [-0.15, -0.1) is 0 Å². The molecule has 0 aromatic heterocycles. The van der Waals surface area contributed by atoms with Crippen molar-refractivity contribution in [3.05, 3.63) is 71.0 Å². The Morgan fingerprint density at radius 1 is 1.22 bits per heavy atom. The van der Waals surface area contributed by atoms with Crippen molar-refractivity contribution < 1.29 is 14.2 Å². The number of rotatable bonds is 5. The molecule has 2 atom stereocenters. The molecule has 0 heterocycles. The van der Waals surface area contributed by atoms with E-state index in [9.17, 15) is 9.50 Å². The maximum atomic E-state index is 14.2. The Balaban J connectivity index is 2.18. The molecule has 2 unspecified atom stereocenters. The summed E-state index contributed by atoms with van der Waals surface area (Å²) in [6.45, 7) is 0.711. The number of benzene rings is 2. The summed E-state index contributed by atoms with van der Waals surface area (Å²) >= 11 is 0. The number of methoxy groups -OCH3 is 1. The highest BCUT2D eigenvalue weighted by Crippen LogP contribution is 2.49. The lowest BCUT2D eigenvalue weighted by atomic mass is 9.67. The topological polar surface area (TPSA) is 32.7 Å². The van der Waals surface area contributed by atoms with Crippen LogP contribution in [0.1, 0.15) is 30.4 Å². The molecule has 2 aromatic rings. The van der Waals surface area contributed by atoms with Gasteiger partial charge in [0.05, 0.1) is 7.11 Å². The van der Waals surface area contributed by atoms with Crippen LogP contribution in [0.4, 0.5) is 4.39 Å². The lowest BCUT2D eigenvalue weighted by Crippen LogP contribution is -2.45. The summed E-state index contributed by atoms with van der Waals surface area (Å²) in [5.74, 6) is 0.0999. The van der Waals surface area contributed by atoms with Crippen molar-refractivity contribution in [1.82, 2.24) is 4.90 Å². The normalized spacial score (nSPS) is 24.4. The molecule has 2 aromatic carbocycles. The van der Waals surface area contributed by atoms with Gasteiger partial charge in [0, 0.05) is 18.0 Å². The number of nitrogens with zero attached hydrogens (tertiary/aromatic N) is 1. The molecule has 0 aliphatic heterocycles. The van der Waals surface area contributed by atoms with Crippen molar-refractivity contribution in [2.24, 2.45) is 5.92 Å². The summed E-state index contributed by atoms with van der Waals surface area (Å²) in [7, 11) is 5.56. The molecule has 1 fully saturated rings. The summed E-state index contributed by atoms with van der Waals surface area (Å²) < 4.78 is 19.7. The van der Waals surface area contributed by atoms with Gasteiger partial charge >= 0.3 is 0 Å². The van der Waals surface area contributed by atoms with Gasteiger partial charge in [-0.25, -0.2) is 4.39 Å². The summed E-state index contributed by atoms with van der Waals surface area (Å²) in [6.07, 6.45) is 4.69. The number of hydrogen-bond donors (Lipinski definition) is 1. The van der Waals surface area contributed by atoms with Crippen LogP contribution in [0.15, 0.2) is 54.1 Å². The zero-order valence-electron chi connectivity index (χ0n) is 16.3. The van der Waals surface area contributed by atoms with Crippen molar-refractivity contribution in [3.63, 3.8) is 0 Å². The number of halogens is 1. The van der Waals surface area contributed by atoms with E-state index in [1.54, 1.807) is 13.2 Å². The predicted molar refractivity (Wildman–Crippen MR) is 107 cm³/mol. The standard InChI is InChI=1S/C23H28FNO2/c1-25(2)16-19-11-7-10-18(14-17-8-5-4-6-9-17)23(19,26)21-15-20(24)12-13-22(21)27-3/h4-6,8-9,12-15,19,26H,7,10-11,16H2,1-3H3. The molecule has 144 valence electrons. The largest absolute Gasteiger partial charge is 0.496 e. The monoisotopic (exact) mass is 369 g/mol. The van der Waals surface area contributed by atoms with Crippen LogP contribution in [0.2, 0.25) is 0 Å². The van der Waals surface area contributed by atoms with Crippen LogP contribution in [0.3, 0.4) is 0 Å². The van der Waals surface area contributed by atoms with E-state index < -0.39 is 5.60 Å². The highest BCUT2D eigenvalue weighted by atomic mass is 19.1. The number of hydrogen-bond acceptors (Lipinski definition) is 3. The van der Waals surface area contributed by atoms with E-state index in [1.807, 2.05) is 50.5 Å². The minimum Gasteiger partial charge on any atom is -0.496 e. The Kier molecular flexibility index (Phi) is 5.98. The van der Waals surface area contributed by atoms with Crippen LogP contribution in [0, 0.1) is 11.7 Å². The first-order chi connectivity index (χ1) is 12.9. The van der Waals surface area contributed by atoms with Crippen molar-refractivity contribution >= 4 is 6.08 Å². The molecule has 0 spiro atoms. The predicted octanol–water partition coefficient (Wildman–Crippen LogP) is 4.47. The Labute approximate surface area is 161 Å². The highest BCUT2D eigenvalue weighted by molar-refractivity contribution is 5.59. The van der Waals surface area contributed by atoms with Crippen molar-refractivity contribution in [2.45, 2.75) is 24.9 Å². The van der Waals surface area contributed by atoms with Gasteiger partial charge in [-0.1, -0.05) is 36.4 Å². The first-order valence-electron chi connectivity index (χ1n) is 9.42. The van der Waals surface area contributed by atoms with Crippen molar-refractivity contribution in [1.29, 1.82) is 0 Å². The van der Waals surface area contributed by atoms with Gasteiger partial charge in [0.2, 0.25) is 0 Å². The molecule has 0 saturated heterocycles. The lowest BCUT2D eigenvalue weighted by Gasteiger charge is -2.44. The molecule has 3 nitrogen and oxygen atoms in total. The van der Waals surface area contributed by atoms with Crippen LogP contribution in [-0.2, 0) is 5.60 Å². The van der Waals surface area contributed by atoms with E-state index in [2.05, 4.69) is 4.90 Å². The lowest BCUT2D eigenvalue weighted by molar-refractivity contribution is -0.0192. The third-order valence-corrected chi connectivity index (χ3v) is 5.38. The minimum absolute atomic E-state index is 0.0492. The third kappa shape index (κ3) is 4.07. The first-order valence-corrected chi connectivity index (χ1v) is 9.42. The third-order valence-electron chi connectivity index (χ3n) is 5.38. The number of aliphatic hydroxyl groups is 1. The molecular formula is C23H28FNO2. The van der Waals surface area contributed by atoms with E-state index in [0.717, 1.165) is 30.4 Å². The molecule has 1 aliphatic rings. The fourth-order valence-corrected chi connectivity index (χ4v) is 4.17. The van der Waals surface area contributed by atoms with Crippen LogP contribution in [0.5, 0.6) is 5.75 Å². The second kappa shape index (κ2) is 8.24. The molecule has 1 N–H and O–H groups in total. The van der Waals surface area contributed by atoms with Crippen LogP contribution in [0.25, 0.3) is 6.08 Å². The SMILES string of the molecule is COc1ccc(F)cc1C1(O)C(=Cc2ccccc2)CCCC1CN(C)C. The quantitative estimate of drug-likeness (QED) is 0.844. The van der Waals surface area contributed by atoms with Gasteiger partial charge in [-0.2, -0.15) is 0 Å². The minimum atomic E-state index is -1.27. The van der Waals surface area contributed by atoms with Gasteiger partial charge in [0.25, 0.3) is 0 Å². The summed E-state index contributed by atoms with van der Waals surface area (Å²) in [5, 5.41) is 12.1. The van der Waals surface area contributed by atoms with Gasteiger partial charge < -0.3 is 14.7 Å². The Morgan fingerprint density at radius 2 is 1.96 bits per heavy atom. The van der Waals surface area contributed by atoms with E-state index in [-0.39, 0.29) is 11.7 Å². The van der Waals surface area contributed by atoms with E-state index >= 15 is 0 Å². The average molecular weight is 369 g/mol. The van der Waals surface area contributed by atoms with Gasteiger partial charge in [-0.05, 0) is 62.7 Å². The van der Waals surface area contributed by atoms with Gasteiger partial charge in [-0.3, -0.25) is 0 Å². The summed E-state index contributed by atoms with van der Waals surface area (Å²) in [6, 6.07) is 14.4. The highest BCUT2D eigenvalue weighted by Gasteiger charge is 2.46. The molecule has 1 aliphatic carbocycles. The summed E-state index contributed by atoms with van der Waals surface area (Å²) in [4.78, 5) is 2.08. The fourth-order valence-electron chi connectivity index (χ4n) is 4.17. The smallest absolute Gasteiger partial charge is 0.125 e. The second-order valence-electron chi connectivity index (χ2n) is 7.54. The molecule has 27 heavy (non-hydrogen) atoms. The second-order valence-corrected chi connectivity index (χ2v) is 7.54. The summed E-state index contributed by atoms with van der Waals surface area (Å²) in [5.41, 5.74) is 1.19. The molecule has 4 heteroatoms. The van der Waals surface area contributed by atoms with Crippen molar-refractivity contribution in [2.75, 3.05) is 27.7 Å². The van der Waals surface area contributed by atoms with Gasteiger partial charge in [0.15, 0.2) is 0 Å². The Bertz CT molecular complexity index is 803. The maximum Gasteiger partial charge on any atom is 0.125 e. The Morgan fingerprint density at radius 3 is 2.63 bits per heavy atom. The zero-order valence-corrected chi connectivity index (χ0v) is 16.3. The molecule has 3 rings (SSSR count). The first kappa shape index (κ1) is 19.6. The maximum absolute atomic E-state index is 14.2. The van der Waals surface area contributed by atoms with Crippen molar-refractivity contribution in [3.8, 4) is 5.75 Å². The van der Waals surface area contributed by atoms with Crippen LogP contribution in [-0.4, -0.2) is 37.8 Å². The van der Waals surface area contributed by atoms with E-state index in [0.29, 0.717) is 17.9 Å². The van der Waals surface area contributed by atoms with Crippen LogP contribution < -0.4 is 4.74 Å². The van der Waals surface area contributed by atoms with Gasteiger partial charge in [0.1, 0.15) is 17.2 Å². The zero-order chi connectivity index (χ0) is 19.4. The molecule has 0 bridgehead atoms. The fraction of sp³-hybridized carbons (Fsp3) is 0.391. The Hall–Kier alpha value is -2.17.